The van der Waals surface area contributed by atoms with Crippen LogP contribution >= 0.6 is 0 Å². The molecule has 156 valence electrons. The van der Waals surface area contributed by atoms with E-state index in [0.29, 0.717) is 31.1 Å². The van der Waals surface area contributed by atoms with Crippen molar-refractivity contribution >= 4 is 28.2 Å². The first kappa shape index (κ1) is 20.1. The molecule has 0 bridgehead atoms. The molecular weight excluding hydrogens is 382 g/mol. The predicted molar refractivity (Wildman–Crippen MR) is 115 cm³/mol. The highest BCUT2D eigenvalue weighted by Gasteiger charge is 2.21. The zero-order valence-electron chi connectivity index (χ0n) is 17.2. The number of aromatic nitrogens is 1. The number of morpholine rings is 1. The number of fused-ring (bicyclic) bond motifs is 1. The van der Waals surface area contributed by atoms with Crippen LogP contribution in [0.25, 0.3) is 10.9 Å². The van der Waals surface area contributed by atoms with Crippen LogP contribution < -0.4 is 9.80 Å². The molecule has 2 aromatic carbocycles. The van der Waals surface area contributed by atoms with E-state index >= 15 is 0 Å². The average molecular weight is 408 g/mol. The molecule has 0 atom stereocenters. The van der Waals surface area contributed by atoms with Crippen LogP contribution in [0.4, 0.5) is 11.4 Å². The van der Waals surface area contributed by atoms with Crippen molar-refractivity contribution in [2.24, 2.45) is 10.2 Å². The number of carbonyl (C=O) groups is 1. The van der Waals surface area contributed by atoms with Crippen LogP contribution in [-0.2, 0) is 11.4 Å². The van der Waals surface area contributed by atoms with Crippen molar-refractivity contribution in [3.05, 3.63) is 54.1 Å². The SMILES string of the molecule is CN(C)c1ccc(C(=O)N=Nc2c(O)n(C[NH+]3CCOCC3)c3ccccc23)cc1. The third-order valence-electron chi connectivity index (χ3n) is 5.37. The largest absolute Gasteiger partial charge is 0.493 e. The van der Waals surface area contributed by atoms with E-state index in [1.54, 1.807) is 12.1 Å². The summed E-state index contributed by atoms with van der Waals surface area (Å²) in [5.74, 6) is -0.426. The van der Waals surface area contributed by atoms with Crippen LogP contribution in [0.15, 0.2) is 58.8 Å². The summed E-state index contributed by atoms with van der Waals surface area (Å²) in [4.78, 5) is 15.8. The first-order valence-corrected chi connectivity index (χ1v) is 9.99. The van der Waals surface area contributed by atoms with Crippen molar-refractivity contribution in [3.8, 4) is 5.88 Å². The number of anilines is 1. The van der Waals surface area contributed by atoms with Crippen molar-refractivity contribution in [2.75, 3.05) is 45.3 Å². The summed E-state index contributed by atoms with van der Waals surface area (Å²) in [6, 6.07) is 14.8. The second kappa shape index (κ2) is 8.64. The number of aromatic hydroxyl groups is 1. The zero-order valence-corrected chi connectivity index (χ0v) is 17.2. The lowest BCUT2D eigenvalue weighted by molar-refractivity contribution is -0.930. The summed E-state index contributed by atoms with van der Waals surface area (Å²) in [6.45, 7) is 3.78. The standard InChI is InChI=1S/C22H25N5O3/c1-25(2)17-9-7-16(8-10-17)21(28)24-23-20-18-5-3-4-6-19(18)27(22(20)29)15-26-11-13-30-14-12-26/h3-10,29H,11-15H2,1-2H3/p+1. The number of ether oxygens (including phenoxy) is 1. The van der Waals surface area contributed by atoms with Crippen LogP contribution in [0.1, 0.15) is 10.4 Å². The van der Waals surface area contributed by atoms with Gasteiger partial charge < -0.3 is 19.6 Å². The lowest BCUT2D eigenvalue weighted by atomic mass is 10.2. The Bertz CT molecular complexity index is 1070. The molecule has 4 rings (SSSR count). The van der Waals surface area contributed by atoms with Crippen molar-refractivity contribution in [3.63, 3.8) is 0 Å². The molecule has 1 aliphatic rings. The Hall–Kier alpha value is -3.23. The fourth-order valence-corrected chi connectivity index (χ4v) is 3.63. The number of azo groups is 1. The molecule has 8 nitrogen and oxygen atoms in total. The fourth-order valence-electron chi connectivity index (χ4n) is 3.63. The Kier molecular flexibility index (Phi) is 5.78. The van der Waals surface area contributed by atoms with Crippen LogP contribution in [0, 0.1) is 0 Å². The Morgan fingerprint density at radius 2 is 1.83 bits per heavy atom. The maximum Gasteiger partial charge on any atom is 0.295 e. The van der Waals surface area contributed by atoms with Gasteiger partial charge in [-0.3, -0.25) is 9.36 Å². The number of nitrogens with one attached hydrogen (secondary N) is 1. The third-order valence-corrected chi connectivity index (χ3v) is 5.37. The Morgan fingerprint density at radius 3 is 2.53 bits per heavy atom. The molecule has 0 spiro atoms. The van der Waals surface area contributed by atoms with Gasteiger partial charge in [0.25, 0.3) is 5.91 Å². The molecule has 1 saturated heterocycles. The van der Waals surface area contributed by atoms with Gasteiger partial charge in [-0.1, -0.05) is 18.2 Å². The maximum atomic E-state index is 12.5. The minimum absolute atomic E-state index is 0.0229. The van der Waals surface area contributed by atoms with Crippen LogP contribution in [-0.4, -0.2) is 56.0 Å². The second-order valence-electron chi connectivity index (χ2n) is 7.58. The summed E-state index contributed by atoms with van der Waals surface area (Å²) in [5, 5.41) is 19.7. The quantitative estimate of drug-likeness (QED) is 0.634. The Morgan fingerprint density at radius 1 is 1.13 bits per heavy atom. The third kappa shape index (κ3) is 4.05. The Balaban J connectivity index is 1.62. The minimum Gasteiger partial charge on any atom is -0.493 e. The van der Waals surface area contributed by atoms with E-state index in [1.165, 1.54) is 4.90 Å². The highest BCUT2D eigenvalue weighted by molar-refractivity contribution is 5.97. The summed E-state index contributed by atoms with van der Waals surface area (Å²) in [6.07, 6.45) is 0. The molecule has 0 radical (unpaired) electrons. The number of nitrogens with zero attached hydrogens (tertiary/aromatic N) is 4. The Labute approximate surface area is 175 Å². The predicted octanol–water partition coefficient (Wildman–Crippen LogP) is 2.21. The van der Waals surface area contributed by atoms with Gasteiger partial charge in [-0.25, -0.2) is 0 Å². The molecule has 2 N–H and O–H groups in total. The van der Waals surface area contributed by atoms with E-state index in [1.807, 2.05) is 60.0 Å². The number of quaternary nitrogens is 1. The molecule has 30 heavy (non-hydrogen) atoms. The molecule has 1 aromatic heterocycles. The first-order valence-electron chi connectivity index (χ1n) is 9.99. The second-order valence-corrected chi connectivity index (χ2v) is 7.58. The molecular formula is C22H26N5O3+. The van der Waals surface area contributed by atoms with Gasteiger partial charge >= 0.3 is 0 Å². The molecule has 1 amide bonds. The summed E-state index contributed by atoms with van der Waals surface area (Å²) >= 11 is 0. The lowest BCUT2D eigenvalue weighted by Crippen LogP contribution is -3.13. The number of para-hydroxylation sites is 1. The first-order chi connectivity index (χ1) is 14.5. The van der Waals surface area contributed by atoms with E-state index in [4.69, 9.17) is 4.74 Å². The number of benzene rings is 2. The van der Waals surface area contributed by atoms with Crippen molar-refractivity contribution in [1.29, 1.82) is 0 Å². The fraction of sp³-hybridized carbons (Fsp3) is 0.318. The van der Waals surface area contributed by atoms with Gasteiger partial charge in [0.15, 0.2) is 12.4 Å². The number of rotatable bonds is 5. The normalized spacial score (nSPS) is 15.1. The smallest absolute Gasteiger partial charge is 0.295 e. The monoisotopic (exact) mass is 408 g/mol. The van der Waals surface area contributed by atoms with Gasteiger partial charge in [0, 0.05) is 30.7 Å². The van der Waals surface area contributed by atoms with Crippen LogP contribution in [0.2, 0.25) is 0 Å². The molecule has 1 fully saturated rings. The number of carbonyl (C=O) groups excluding carboxylic acids is 1. The highest BCUT2D eigenvalue weighted by Crippen LogP contribution is 2.38. The van der Waals surface area contributed by atoms with Crippen molar-refractivity contribution in [1.82, 2.24) is 4.57 Å². The average Bonchev–Trinajstić information content (AvgIpc) is 3.04. The molecule has 0 aliphatic carbocycles. The van der Waals surface area contributed by atoms with Gasteiger partial charge in [0.2, 0.25) is 5.88 Å². The maximum absolute atomic E-state index is 12.5. The lowest BCUT2D eigenvalue weighted by Gasteiger charge is -2.24. The van der Waals surface area contributed by atoms with E-state index in [0.717, 1.165) is 29.7 Å². The molecule has 2 heterocycles. The van der Waals surface area contributed by atoms with Crippen molar-refractivity contribution in [2.45, 2.75) is 6.67 Å². The highest BCUT2D eigenvalue weighted by atomic mass is 16.5. The molecule has 1 aliphatic heterocycles. The van der Waals surface area contributed by atoms with Gasteiger partial charge in [0.1, 0.15) is 13.1 Å². The summed E-state index contributed by atoms with van der Waals surface area (Å²) < 4.78 is 7.26. The van der Waals surface area contributed by atoms with E-state index in [9.17, 15) is 9.90 Å². The van der Waals surface area contributed by atoms with E-state index in [2.05, 4.69) is 10.2 Å². The van der Waals surface area contributed by atoms with Gasteiger partial charge in [-0.05, 0) is 30.3 Å². The topological polar surface area (TPSA) is 83.9 Å². The number of amides is 1. The van der Waals surface area contributed by atoms with Gasteiger partial charge in [-0.15, -0.1) is 10.2 Å². The zero-order chi connectivity index (χ0) is 21.1. The summed E-state index contributed by atoms with van der Waals surface area (Å²) in [7, 11) is 3.88. The minimum atomic E-state index is -0.449. The van der Waals surface area contributed by atoms with Crippen LogP contribution in [0.5, 0.6) is 5.88 Å². The molecule has 3 aromatic rings. The number of hydrogen-bond acceptors (Lipinski definition) is 5. The molecule has 0 unspecified atom stereocenters. The van der Waals surface area contributed by atoms with Gasteiger partial charge in [0.05, 0.1) is 18.7 Å². The summed E-state index contributed by atoms with van der Waals surface area (Å²) in [5.41, 5.74) is 2.63. The van der Waals surface area contributed by atoms with Gasteiger partial charge in [-0.2, -0.15) is 0 Å². The van der Waals surface area contributed by atoms with Crippen LogP contribution in [0.3, 0.4) is 0 Å². The van der Waals surface area contributed by atoms with E-state index in [-0.39, 0.29) is 5.88 Å². The number of hydrogen-bond donors (Lipinski definition) is 2. The molecule has 0 saturated carbocycles. The van der Waals surface area contributed by atoms with Crippen molar-refractivity contribution < 1.29 is 19.5 Å². The van der Waals surface area contributed by atoms with E-state index < -0.39 is 5.91 Å². The molecule has 8 heteroatoms.